The predicted octanol–water partition coefficient (Wildman–Crippen LogP) is 6.64. The molecule has 3 heterocycles. The average molecular weight is 626 g/mol. The van der Waals surface area contributed by atoms with Gasteiger partial charge in [0.1, 0.15) is 17.1 Å². The second-order valence-electron chi connectivity index (χ2n) is 8.13. The van der Waals surface area contributed by atoms with Gasteiger partial charge in [-0.2, -0.15) is 6.07 Å². The summed E-state index contributed by atoms with van der Waals surface area (Å²) in [6, 6.07) is 28.7. The van der Waals surface area contributed by atoms with Crippen molar-refractivity contribution in [2.75, 3.05) is 0 Å². The van der Waals surface area contributed by atoms with E-state index in [2.05, 4.69) is 40.7 Å². The molecule has 0 unspecified atom stereocenters. The van der Waals surface area contributed by atoms with Gasteiger partial charge in [-0.25, -0.2) is 9.97 Å². The summed E-state index contributed by atoms with van der Waals surface area (Å²) in [4.78, 5) is 9.26. The average Bonchev–Trinajstić information content (AvgIpc) is 3.15. The van der Waals surface area contributed by atoms with Crippen molar-refractivity contribution in [1.29, 1.82) is 0 Å². The van der Waals surface area contributed by atoms with Crippen LogP contribution in [0.2, 0.25) is 0 Å². The fourth-order valence-corrected chi connectivity index (χ4v) is 4.37. The molecule has 0 aliphatic carbocycles. The van der Waals surface area contributed by atoms with E-state index in [4.69, 9.17) is 9.72 Å². The largest absolute Gasteiger partial charge is 0.506 e. The summed E-state index contributed by atoms with van der Waals surface area (Å²) in [6.45, 7) is 4.10. The Morgan fingerprint density at radius 1 is 0.824 bits per heavy atom. The Labute approximate surface area is 210 Å². The molecule has 0 atom stereocenters. The minimum absolute atomic E-state index is 0. The van der Waals surface area contributed by atoms with Gasteiger partial charge in [-0.1, -0.05) is 41.9 Å². The molecule has 0 radical (unpaired) electrons. The zero-order valence-electron chi connectivity index (χ0n) is 18.5. The van der Waals surface area contributed by atoms with Gasteiger partial charge in [0.25, 0.3) is 0 Å². The first kappa shape index (κ1) is 22.1. The molecule has 0 bridgehead atoms. The van der Waals surface area contributed by atoms with Gasteiger partial charge in [0.05, 0.1) is 0 Å². The molecule has 3 aromatic heterocycles. The van der Waals surface area contributed by atoms with Crippen molar-refractivity contribution in [3.63, 3.8) is 0 Å². The number of hydrogen-bond donors (Lipinski definition) is 1. The van der Waals surface area contributed by atoms with E-state index in [0.29, 0.717) is 17.1 Å². The van der Waals surface area contributed by atoms with E-state index in [1.54, 1.807) is 18.2 Å². The topological polar surface area (TPSA) is 60.2 Å². The van der Waals surface area contributed by atoms with Crippen LogP contribution in [0.1, 0.15) is 11.3 Å². The minimum atomic E-state index is 0. The van der Waals surface area contributed by atoms with Gasteiger partial charge in [0.15, 0.2) is 0 Å². The van der Waals surface area contributed by atoms with E-state index in [1.807, 2.05) is 49.4 Å². The van der Waals surface area contributed by atoms with E-state index < -0.39 is 0 Å². The zero-order chi connectivity index (χ0) is 22.5. The monoisotopic (exact) mass is 625 g/mol. The Morgan fingerprint density at radius 2 is 1.65 bits per heavy atom. The smallest absolute Gasteiger partial charge is 0.217 e. The van der Waals surface area contributed by atoms with Crippen LogP contribution in [0.5, 0.6) is 17.4 Å². The molecule has 0 saturated heterocycles. The van der Waals surface area contributed by atoms with E-state index in [9.17, 15) is 5.11 Å². The van der Waals surface area contributed by atoms with Crippen molar-refractivity contribution in [2.24, 2.45) is 0 Å². The second kappa shape index (κ2) is 8.58. The van der Waals surface area contributed by atoms with Gasteiger partial charge in [0.2, 0.25) is 5.88 Å². The Kier molecular flexibility index (Phi) is 5.58. The van der Waals surface area contributed by atoms with Crippen molar-refractivity contribution < 1.29 is 30.9 Å². The van der Waals surface area contributed by atoms with Crippen LogP contribution in [-0.4, -0.2) is 19.6 Å². The number of ether oxygens (including phenoxy) is 1. The molecule has 170 valence electrons. The molecule has 0 amide bonds. The molecular formula is C28H20N3O2Pt-. The van der Waals surface area contributed by atoms with E-state index in [0.717, 1.165) is 44.3 Å². The van der Waals surface area contributed by atoms with Gasteiger partial charge in [-0.3, -0.25) is 0 Å². The Bertz CT molecular complexity index is 1690. The standard InChI is InChI=1S/C28H20N3O2.Pt/c1-17-6-3-9-22-21-14-13-20(33-26-15-12-19-8-5-10-24(32)27(19)30-26)16-23(21)31(28(17)22)25-11-4-7-18(2)29-25;/h3-15,32H,1-2H3;/q-1;. The Morgan fingerprint density at radius 3 is 2.50 bits per heavy atom. The zero-order valence-corrected chi connectivity index (χ0v) is 20.8. The summed E-state index contributed by atoms with van der Waals surface area (Å²) in [5.74, 6) is 1.90. The molecular weight excluding hydrogens is 605 g/mol. The summed E-state index contributed by atoms with van der Waals surface area (Å²) >= 11 is 0. The normalized spacial score (nSPS) is 11.1. The van der Waals surface area contributed by atoms with Crippen molar-refractivity contribution >= 4 is 32.7 Å². The third-order valence-corrected chi connectivity index (χ3v) is 5.86. The molecule has 6 heteroatoms. The molecule has 5 nitrogen and oxygen atoms in total. The fraction of sp³-hybridized carbons (Fsp3) is 0.0714. The summed E-state index contributed by atoms with van der Waals surface area (Å²) in [5.41, 5.74) is 4.61. The first-order valence-electron chi connectivity index (χ1n) is 10.8. The first-order chi connectivity index (χ1) is 16.1. The van der Waals surface area contributed by atoms with Crippen molar-refractivity contribution in [3.8, 4) is 23.2 Å². The molecule has 1 N–H and O–H groups in total. The van der Waals surface area contributed by atoms with Crippen LogP contribution < -0.4 is 4.74 Å². The number of hydrogen-bond acceptors (Lipinski definition) is 4. The molecule has 34 heavy (non-hydrogen) atoms. The second-order valence-corrected chi connectivity index (χ2v) is 8.13. The van der Waals surface area contributed by atoms with E-state index in [1.165, 1.54) is 0 Å². The van der Waals surface area contributed by atoms with Gasteiger partial charge in [-0.15, -0.1) is 17.5 Å². The summed E-state index contributed by atoms with van der Waals surface area (Å²) in [7, 11) is 0. The van der Waals surface area contributed by atoms with Crippen LogP contribution in [-0.2, 0) is 21.1 Å². The number of nitrogens with zero attached hydrogens (tertiary/aromatic N) is 3. The van der Waals surface area contributed by atoms with Crippen molar-refractivity contribution in [3.05, 3.63) is 96.2 Å². The molecule has 0 spiro atoms. The third kappa shape index (κ3) is 3.63. The van der Waals surface area contributed by atoms with Crippen LogP contribution in [0.25, 0.3) is 38.5 Å². The van der Waals surface area contributed by atoms with Crippen LogP contribution in [0.4, 0.5) is 0 Å². The number of aromatic hydroxyl groups is 1. The maximum atomic E-state index is 10.2. The quantitative estimate of drug-likeness (QED) is 0.224. The maximum Gasteiger partial charge on any atom is 0.217 e. The molecule has 0 aliphatic rings. The number of benzene rings is 3. The summed E-state index contributed by atoms with van der Waals surface area (Å²) < 4.78 is 8.22. The number of phenolic OH excluding ortho intramolecular Hbond substituents is 1. The van der Waals surface area contributed by atoms with E-state index >= 15 is 0 Å². The van der Waals surface area contributed by atoms with Gasteiger partial charge in [-0.05, 0) is 49.1 Å². The molecule has 0 fully saturated rings. The number of fused-ring (bicyclic) bond motifs is 4. The molecule has 0 aliphatic heterocycles. The fourth-order valence-electron chi connectivity index (χ4n) is 4.37. The van der Waals surface area contributed by atoms with Crippen LogP contribution >= 0.6 is 0 Å². The van der Waals surface area contributed by atoms with Crippen LogP contribution in [0.3, 0.4) is 0 Å². The van der Waals surface area contributed by atoms with Crippen molar-refractivity contribution in [1.82, 2.24) is 14.5 Å². The van der Waals surface area contributed by atoms with Crippen molar-refractivity contribution in [2.45, 2.75) is 13.8 Å². The van der Waals surface area contributed by atoms with Crippen LogP contribution in [0.15, 0.2) is 78.9 Å². The number of aromatic nitrogens is 3. The molecule has 6 rings (SSSR count). The van der Waals surface area contributed by atoms with Gasteiger partial charge in [0, 0.05) is 49.5 Å². The van der Waals surface area contributed by atoms with Gasteiger partial charge >= 0.3 is 0 Å². The summed E-state index contributed by atoms with van der Waals surface area (Å²) in [5, 5.41) is 13.2. The SMILES string of the molecule is Cc1cccc(-n2c3[c-]c(Oc4ccc5cccc(O)c5n4)ccc3c3cccc(C)c32)n1.[Pt]. The number of pyridine rings is 2. The number of aryl methyl sites for hydroxylation is 2. The Balaban J connectivity index is 0.00000241. The number of phenols is 1. The number of rotatable bonds is 3. The van der Waals surface area contributed by atoms with Gasteiger partial charge < -0.3 is 14.4 Å². The number of para-hydroxylation sites is 2. The first-order valence-corrected chi connectivity index (χ1v) is 10.8. The Hall–Kier alpha value is -3.69. The predicted molar refractivity (Wildman–Crippen MR) is 130 cm³/mol. The minimum Gasteiger partial charge on any atom is -0.506 e. The van der Waals surface area contributed by atoms with Crippen LogP contribution in [0, 0.1) is 19.9 Å². The third-order valence-electron chi connectivity index (χ3n) is 5.86. The molecule has 0 saturated carbocycles. The molecule has 6 aromatic rings. The van der Waals surface area contributed by atoms with E-state index in [-0.39, 0.29) is 26.8 Å². The summed E-state index contributed by atoms with van der Waals surface area (Å²) in [6.07, 6.45) is 0. The molecule has 3 aromatic carbocycles. The maximum absolute atomic E-state index is 10.2.